The number of imidazole rings is 1. The molecule has 9 heteroatoms. The lowest BCUT2D eigenvalue weighted by Crippen LogP contribution is -2.14. The molecule has 1 aliphatic carbocycles. The summed E-state index contributed by atoms with van der Waals surface area (Å²) < 4.78 is 7.75. The van der Waals surface area contributed by atoms with Gasteiger partial charge in [0.1, 0.15) is 17.1 Å². The second-order valence-corrected chi connectivity index (χ2v) is 8.27. The van der Waals surface area contributed by atoms with Gasteiger partial charge in [0.25, 0.3) is 5.91 Å². The van der Waals surface area contributed by atoms with E-state index in [0.717, 1.165) is 12.8 Å². The number of carbonyl (C=O) groups excluding carboxylic acids is 2. The molecule has 1 fully saturated rings. The van der Waals surface area contributed by atoms with E-state index >= 15 is 0 Å². The van der Waals surface area contributed by atoms with Crippen molar-refractivity contribution < 1.29 is 14.3 Å². The number of carbonyl (C=O) groups is 2. The maximum absolute atomic E-state index is 12.6. The Bertz CT molecular complexity index is 1380. The molecule has 2 aromatic heterocycles. The summed E-state index contributed by atoms with van der Waals surface area (Å²) in [6, 6.07) is 15.3. The van der Waals surface area contributed by atoms with E-state index in [0.29, 0.717) is 44.9 Å². The molecule has 2 aromatic carbocycles. The quantitative estimate of drug-likeness (QED) is 0.351. The highest BCUT2D eigenvalue weighted by molar-refractivity contribution is 6.31. The molecule has 4 N–H and O–H groups in total. The van der Waals surface area contributed by atoms with E-state index in [1.807, 2.05) is 0 Å². The van der Waals surface area contributed by atoms with Gasteiger partial charge in [0.2, 0.25) is 5.91 Å². The van der Waals surface area contributed by atoms with E-state index in [1.54, 1.807) is 65.3 Å². The Morgan fingerprint density at radius 2 is 1.88 bits per heavy atom. The SMILES string of the molecule is Nc1ccc(Cl)cc1C(=O)Nc1cccc(Oc2ccc3nc(NC(=O)C4CC4)cn3c2)c1. The molecule has 8 nitrogen and oxygen atoms in total. The molecule has 5 rings (SSSR count). The average Bonchev–Trinajstić information content (AvgIpc) is 3.56. The lowest BCUT2D eigenvalue weighted by molar-refractivity contribution is -0.117. The van der Waals surface area contributed by atoms with Crippen molar-refractivity contribution in [2.45, 2.75) is 12.8 Å². The molecule has 1 aliphatic rings. The smallest absolute Gasteiger partial charge is 0.257 e. The van der Waals surface area contributed by atoms with Gasteiger partial charge in [-0.15, -0.1) is 0 Å². The summed E-state index contributed by atoms with van der Waals surface area (Å²) >= 11 is 5.98. The van der Waals surface area contributed by atoms with Crippen LogP contribution in [0, 0.1) is 5.92 Å². The van der Waals surface area contributed by atoms with Crippen LogP contribution in [0.5, 0.6) is 11.5 Å². The molecule has 0 radical (unpaired) electrons. The van der Waals surface area contributed by atoms with Crippen LogP contribution in [0.3, 0.4) is 0 Å². The molecule has 2 amide bonds. The number of nitrogens with two attached hydrogens (primary N) is 1. The van der Waals surface area contributed by atoms with Crippen molar-refractivity contribution in [1.82, 2.24) is 9.38 Å². The molecule has 4 aromatic rings. The first kappa shape index (κ1) is 20.8. The summed E-state index contributed by atoms with van der Waals surface area (Å²) in [6.45, 7) is 0. The second-order valence-electron chi connectivity index (χ2n) is 7.84. The lowest BCUT2D eigenvalue weighted by atomic mass is 10.1. The van der Waals surface area contributed by atoms with Gasteiger partial charge >= 0.3 is 0 Å². The van der Waals surface area contributed by atoms with Crippen LogP contribution in [0.1, 0.15) is 23.2 Å². The molecular formula is C24H20ClN5O3. The largest absolute Gasteiger partial charge is 0.456 e. The number of fused-ring (bicyclic) bond motifs is 1. The third-order valence-electron chi connectivity index (χ3n) is 5.21. The van der Waals surface area contributed by atoms with Gasteiger partial charge in [-0.05, 0) is 55.3 Å². The van der Waals surface area contributed by atoms with E-state index in [4.69, 9.17) is 22.1 Å². The predicted molar refractivity (Wildman–Crippen MR) is 127 cm³/mol. The van der Waals surface area contributed by atoms with E-state index in [2.05, 4.69) is 15.6 Å². The Balaban J connectivity index is 1.30. The van der Waals surface area contributed by atoms with Gasteiger partial charge in [0, 0.05) is 28.4 Å². The zero-order valence-electron chi connectivity index (χ0n) is 17.4. The Kier molecular flexibility index (Phi) is 5.35. The van der Waals surface area contributed by atoms with Gasteiger partial charge in [-0.25, -0.2) is 4.98 Å². The Hall–Kier alpha value is -4.04. The number of benzene rings is 2. The standard InChI is InChI=1S/C24H20ClN5O3/c25-15-6-8-20(26)19(10-15)24(32)27-16-2-1-3-17(11-16)33-18-7-9-22-28-21(13-30(22)12-18)29-23(31)14-4-5-14/h1-3,6-14H,4-5,26H2,(H,27,32)(H,29,31). The highest BCUT2D eigenvalue weighted by Gasteiger charge is 2.30. The van der Waals surface area contributed by atoms with Gasteiger partial charge in [-0.3, -0.25) is 9.59 Å². The Labute approximate surface area is 194 Å². The number of ether oxygens (including phenoxy) is 1. The van der Waals surface area contributed by atoms with Gasteiger partial charge in [0.15, 0.2) is 5.82 Å². The minimum absolute atomic E-state index is 0.00766. The summed E-state index contributed by atoms with van der Waals surface area (Å²) in [5.74, 6) is 1.36. The fourth-order valence-corrected chi connectivity index (χ4v) is 3.53. The van der Waals surface area contributed by atoms with Crippen LogP contribution in [-0.2, 0) is 4.79 Å². The van der Waals surface area contributed by atoms with Crippen molar-refractivity contribution in [2.75, 3.05) is 16.4 Å². The highest BCUT2D eigenvalue weighted by Crippen LogP contribution is 2.30. The zero-order chi connectivity index (χ0) is 22.9. The Morgan fingerprint density at radius 3 is 2.70 bits per heavy atom. The Morgan fingerprint density at radius 1 is 1.03 bits per heavy atom. The molecule has 0 bridgehead atoms. The monoisotopic (exact) mass is 461 g/mol. The number of pyridine rings is 1. The molecule has 0 aliphatic heterocycles. The normalized spacial score (nSPS) is 13.0. The first-order chi connectivity index (χ1) is 15.9. The van der Waals surface area contributed by atoms with Crippen molar-refractivity contribution in [2.24, 2.45) is 5.92 Å². The molecule has 0 unspecified atom stereocenters. The second kappa shape index (κ2) is 8.48. The number of rotatable bonds is 6. The molecule has 1 saturated carbocycles. The minimum atomic E-state index is -0.368. The molecule has 0 saturated heterocycles. The number of hydrogen-bond acceptors (Lipinski definition) is 5. The van der Waals surface area contributed by atoms with E-state index < -0.39 is 0 Å². The predicted octanol–water partition coefficient (Wildman–Crippen LogP) is 4.96. The number of halogens is 1. The van der Waals surface area contributed by atoms with Gasteiger partial charge in [0.05, 0.1) is 18.0 Å². The number of nitrogen functional groups attached to an aromatic ring is 1. The van der Waals surface area contributed by atoms with Crippen LogP contribution in [0.15, 0.2) is 67.0 Å². The van der Waals surface area contributed by atoms with Gasteiger partial charge in [-0.2, -0.15) is 0 Å². The van der Waals surface area contributed by atoms with Crippen LogP contribution in [-0.4, -0.2) is 21.2 Å². The van der Waals surface area contributed by atoms with Crippen LogP contribution < -0.4 is 21.1 Å². The van der Waals surface area contributed by atoms with Crippen LogP contribution >= 0.6 is 11.6 Å². The number of nitrogens with zero attached hydrogens (tertiary/aromatic N) is 2. The molecule has 0 spiro atoms. The first-order valence-corrected chi connectivity index (χ1v) is 10.8. The van der Waals surface area contributed by atoms with Crippen molar-refractivity contribution in [1.29, 1.82) is 0 Å². The van der Waals surface area contributed by atoms with E-state index in [1.165, 1.54) is 6.07 Å². The number of anilines is 3. The van der Waals surface area contributed by atoms with E-state index in [-0.39, 0.29) is 17.7 Å². The molecular weight excluding hydrogens is 442 g/mol. The van der Waals surface area contributed by atoms with Gasteiger partial charge in [-0.1, -0.05) is 17.7 Å². The summed E-state index contributed by atoms with van der Waals surface area (Å²) in [7, 11) is 0. The highest BCUT2D eigenvalue weighted by atomic mass is 35.5. The number of hydrogen-bond donors (Lipinski definition) is 3. The molecule has 33 heavy (non-hydrogen) atoms. The van der Waals surface area contributed by atoms with Crippen LogP contribution in [0.4, 0.5) is 17.2 Å². The van der Waals surface area contributed by atoms with Crippen molar-refractivity contribution in [3.05, 3.63) is 77.6 Å². The van der Waals surface area contributed by atoms with Crippen LogP contribution in [0.25, 0.3) is 5.65 Å². The number of aromatic nitrogens is 2. The summed E-state index contributed by atoms with van der Waals surface area (Å²) in [5, 5.41) is 6.07. The average molecular weight is 462 g/mol. The molecule has 0 atom stereocenters. The van der Waals surface area contributed by atoms with Crippen molar-refractivity contribution >= 4 is 46.3 Å². The first-order valence-electron chi connectivity index (χ1n) is 10.4. The lowest BCUT2D eigenvalue weighted by Gasteiger charge is -2.10. The number of nitrogens with one attached hydrogen (secondary N) is 2. The third kappa shape index (κ3) is 4.75. The maximum Gasteiger partial charge on any atom is 0.257 e. The summed E-state index contributed by atoms with van der Waals surface area (Å²) in [5.41, 5.74) is 7.76. The third-order valence-corrected chi connectivity index (χ3v) is 5.45. The topological polar surface area (TPSA) is 111 Å². The summed E-state index contributed by atoms with van der Waals surface area (Å²) in [4.78, 5) is 29.0. The maximum atomic E-state index is 12.6. The fourth-order valence-electron chi connectivity index (χ4n) is 3.36. The van der Waals surface area contributed by atoms with Gasteiger partial charge < -0.3 is 25.5 Å². The minimum Gasteiger partial charge on any atom is -0.456 e. The summed E-state index contributed by atoms with van der Waals surface area (Å²) in [6.07, 6.45) is 5.38. The zero-order valence-corrected chi connectivity index (χ0v) is 18.2. The molecule has 166 valence electrons. The van der Waals surface area contributed by atoms with Crippen molar-refractivity contribution in [3.8, 4) is 11.5 Å². The van der Waals surface area contributed by atoms with Crippen molar-refractivity contribution in [3.63, 3.8) is 0 Å². The number of amides is 2. The molecule has 2 heterocycles. The van der Waals surface area contributed by atoms with E-state index in [9.17, 15) is 9.59 Å². The van der Waals surface area contributed by atoms with Crippen LogP contribution in [0.2, 0.25) is 5.02 Å². The fraction of sp³-hybridized carbons (Fsp3) is 0.125.